The highest BCUT2D eigenvalue weighted by molar-refractivity contribution is 9.10. The van der Waals surface area contributed by atoms with Crippen molar-refractivity contribution in [1.29, 1.82) is 0 Å². The summed E-state index contributed by atoms with van der Waals surface area (Å²) in [5, 5.41) is 6.49. The zero-order valence-corrected chi connectivity index (χ0v) is 17.9. The van der Waals surface area contributed by atoms with Gasteiger partial charge in [-0.25, -0.2) is 0 Å². The van der Waals surface area contributed by atoms with Gasteiger partial charge in [-0.2, -0.15) is 0 Å². The first-order valence-corrected chi connectivity index (χ1v) is 10.1. The average molecular weight is 474 g/mol. The molecule has 8 heteroatoms. The normalized spacial score (nSPS) is 11.7. The Kier molecular flexibility index (Phi) is 8.57. The molecule has 2 aromatic carbocycles. The average Bonchev–Trinajstić information content (AvgIpc) is 2.59. The van der Waals surface area contributed by atoms with Crippen LogP contribution < -0.4 is 15.5 Å². The Morgan fingerprint density at radius 1 is 1.00 bits per heavy atom. The van der Waals surface area contributed by atoms with Gasteiger partial charge in [0.1, 0.15) is 0 Å². The highest BCUT2D eigenvalue weighted by atomic mass is 79.9. The van der Waals surface area contributed by atoms with E-state index in [2.05, 4.69) is 26.6 Å². The number of anilines is 2. The van der Waals surface area contributed by atoms with Crippen molar-refractivity contribution in [2.24, 2.45) is 0 Å². The van der Waals surface area contributed by atoms with E-state index in [9.17, 15) is 9.59 Å². The fraction of sp³-hybridized carbons (Fsp3) is 0.263. The minimum atomic E-state index is -0.209. The predicted octanol–water partition coefficient (Wildman–Crippen LogP) is 3.63. The van der Waals surface area contributed by atoms with Crippen molar-refractivity contribution in [1.82, 2.24) is 0 Å². The second-order valence-electron chi connectivity index (χ2n) is 6.08. The molecule has 0 saturated heterocycles. The summed E-state index contributed by atoms with van der Waals surface area (Å²) in [5.74, 6) is -0.350. The van der Waals surface area contributed by atoms with E-state index in [1.807, 2.05) is 31.2 Å². The van der Waals surface area contributed by atoms with Crippen LogP contribution in [-0.4, -0.2) is 31.4 Å². The number of hydrogen-bond acceptors (Lipinski definition) is 2. The van der Waals surface area contributed by atoms with E-state index in [1.54, 1.807) is 18.2 Å². The molecule has 0 aromatic heterocycles. The maximum atomic E-state index is 12.4. The van der Waals surface area contributed by atoms with Crippen molar-refractivity contribution < 1.29 is 14.5 Å². The fourth-order valence-corrected chi connectivity index (χ4v) is 3.29. The second-order valence-corrected chi connectivity index (χ2v) is 7.84. The van der Waals surface area contributed by atoms with Crippen LogP contribution in [0.25, 0.3) is 0 Å². The summed E-state index contributed by atoms with van der Waals surface area (Å²) in [6, 6.07) is 12.2. The summed E-state index contributed by atoms with van der Waals surface area (Å²) in [6.45, 7) is 3.09. The number of quaternary nitrogens is 1. The van der Waals surface area contributed by atoms with Crippen LogP contribution in [0.2, 0.25) is 10.0 Å². The highest BCUT2D eigenvalue weighted by Crippen LogP contribution is 2.25. The van der Waals surface area contributed by atoms with Crippen molar-refractivity contribution in [3.63, 3.8) is 0 Å². The van der Waals surface area contributed by atoms with Gasteiger partial charge >= 0.3 is 0 Å². The van der Waals surface area contributed by atoms with E-state index in [1.165, 1.54) is 0 Å². The lowest BCUT2D eigenvalue weighted by Crippen LogP contribution is -3.14. The second kappa shape index (κ2) is 10.7. The Labute approximate surface area is 177 Å². The number of carbonyl (C=O) groups is 2. The predicted molar refractivity (Wildman–Crippen MR) is 114 cm³/mol. The first kappa shape index (κ1) is 21.7. The van der Waals surface area contributed by atoms with Gasteiger partial charge in [-0.1, -0.05) is 46.1 Å². The van der Waals surface area contributed by atoms with Crippen LogP contribution in [0.1, 0.15) is 13.3 Å². The first-order valence-electron chi connectivity index (χ1n) is 8.51. The van der Waals surface area contributed by atoms with Crippen LogP contribution in [0.3, 0.4) is 0 Å². The molecule has 0 radical (unpaired) electrons. The van der Waals surface area contributed by atoms with E-state index < -0.39 is 0 Å². The van der Waals surface area contributed by atoms with Crippen molar-refractivity contribution in [2.45, 2.75) is 13.3 Å². The standard InChI is InChI=1S/C19H20BrCl2N3O2/c1-2-9-25(11-18(26)23-15-6-3-13(20)4-7-15)12-19(27)24-17-8-5-14(21)10-16(17)22/h3-8,10H,2,9,11-12H2,1H3,(H,23,26)(H,24,27)/p+1. The molecule has 0 aliphatic rings. The summed E-state index contributed by atoms with van der Waals surface area (Å²) in [4.78, 5) is 25.5. The van der Waals surface area contributed by atoms with Gasteiger partial charge in [0.15, 0.2) is 13.1 Å². The molecule has 144 valence electrons. The lowest BCUT2D eigenvalue weighted by Gasteiger charge is -2.18. The highest BCUT2D eigenvalue weighted by Gasteiger charge is 2.18. The number of halogens is 3. The van der Waals surface area contributed by atoms with E-state index in [-0.39, 0.29) is 24.9 Å². The van der Waals surface area contributed by atoms with E-state index >= 15 is 0 Å². The van der Waals surface area contributed by atoms with E-state index in [0.717, 1.165) is 21.5 Å². The van der Waals surface area contributed by atoms with Crippen LogP contribution in [0.4, 0.5) is 11.4 Å². The van der Waals surface area contributed by atoms with Crippen molar-refractivity contribution >= 4 is 62.3 Å². The fourth-order valence-electron chi connectivity index (χ4n) is 2.57. The summed E-state index contributed by atoms with van der Waals surface area (Å²) >= 11 is 15.3. The van der Waals surface area contributed by atoms with Crippen LogP contribution in [0.5, 0.6) is 0 Å². The molecule has 2 aromatic rings. The smallest absolute Gasteiger partial charge is 0.279 e. The molecule has 0 bridgehead atoms. The third-order valence-corrected chi connectivity index (χ3v) is 4.83. The Balaban J connectivity index is 1.92. The van der Waals surface area contributed by atoms with Gasteiger partial charge in [0.05, 0.1) is 17.3 Å². The topological polar surface area (TPSA) is 62.6 Å². The monoisotopic (exact) mass is 472 g/mol. The Bertz CT molecular complexity index is 800. The summed E-state index contributed by atoms with van der Waals surface area (Å²) < 4.78 is 0.941. The zero-order chi connectivity index (χ0) is 19.8. The van der Waals surface area contributed by atoms with Gasteiger partial charge in [0, 0.05) is 15.2 Å². The van der Waals surface area contributed by atoms with Crippen molar-refractivity contribution in [2.75, 3.05) is 30.3 Å². The van der Waals surface area contributed by atoms with Gasteiger partial charge < -0.3 is 15.5 Å². The number of nitrogens with one attached hydrogen (secondary N) is 3. The molecule has 2 rings (SSSR count). The summed E-state index contributed by atoms with van der Waals surface area (Å²) in [7, 11) is 0. The maximum Gasteiger partial charge on any atom is 0.279 e. The molecule has 0 aliphatic heterocycles. The zero-order valence-electron chi connectivity index (χ0n) is 14.8. The number of benzene rings is 2. The molecular weight excluding hydrogens is 453 g/mol. The molecule has 3 N–H and O–H groups in total. The Hall–Kier alpha value is -1.60. The van der Waals surface area contributed by atoms with Gasteiger partial charge in [0.2, 0.25) is 0 Å². The number of rotatable bonds is 8. The minimum absolute atomic E-state index is 0.141. The number of hydrogen-bond donors (Lipinski definition) is 3. The molecule has 0 fully saturated rings. The van der Waals surface area contributed by atoms with Gasteiger partial charge in [-0.3, -0.25) is 9.59 Å². The Morgan fingerprint density at radius 3 is 2.22 bits per heavy atom. The van der Waals surface area contributed by atoms with E-state index in [4.69, 9.17) is 23.2 Å². The molecule has 0 saturated carbocycles. The van der Waals surface area contributed by atoms with Gasteiger partial charge in [0.25, 0.3) is 11.8 Å². The number of carbonyl (C=O) groups excluding carboxylic acids is 2. The van der Waals surface area contributed by atoms with Crippen LogP contribution >= 0.6 is 39.1 Å². The largest absolute Gasteiger partial charge is 0.321 e. The first-order chi connectivity index (χ1) is 12.9. The molecule has 2 amide bonds. The molecule has 1 unspecified atom stereocenters. The molecule has 0 heterocycles. The van der Waals surface area contributed by atoms with Crippen molar-refractivity contribution in [3.05, 3.63) is 57.0 Å². The van der Waals surface area contributed by atoms with Crippen LogP contribution in [-0.2, 0) is 9.59 Å². The van der Waals surface area contributed by atoms with Gasteiger partial charge in [-0.15, -0.1) is 0 Å². The summed E-state index contributed by atoms with van der Waals surface area (Å²) in [6.07, 6.45) is 0.857. The number of amides is 2. The molecule has 0 spiro atoms. The molecule has 5 nitrogen and oxygen atoms in total. The molecular formula is C19H21BrCl2N3O2+. The summed E-state index contributed by atoms with van der Waals surface area (Å²) in [5.41, 5.74) is 1.22. The molecule has 1 atom stereocenters. The lowest BCUT2D eigenvalue weighted by molar-refractivity contribution is -0.883. The molecule has 27 heavy (non-hydrogen) atoms. The van der Waals surface area contributed by atoms with Gasteiger partial charge in [-0.05, 0) is 48.9 Å². The third-order valence-electron chi connectivity index (χ3n) is 3.76. The van der Waals surface area contributed by atoms with E-state index in [0.29, 0.717) is 22.3 Å². The lowest BCUT2D eigenvalue weighted by atomic mass is 10.3. The van der Waals surface area contributed by atoms with Crippen molar-refractivity contribution in [3.8, 4) is 0 Å². The quantitative estimate of drug-likeness (QED) is 0.548. The third kappa shape index (κ3) is 7.50. The Morgan fingerprint density at radius 2 is 1.63 bits per heavy atom. The van der Waals surface area contributed by atoms with Crippen LogP contribution in [0.15, 0.2) is 46.9 Å². The SMILES string of the molecule is CCC[NH+](CC(=O)Nc1ccc(Br)cc1)CC(=O)Nc1ccc(Cl)cc1Cl. The maximum absolute atomic E-state index is 12.4. The minimum Gasteiger partial charge on any atom is -0.321 e. The van der Waals surface area contributed by atoms with Crippen LogP contribution in [0, 0.1) is 0 Å². The molecule has 0 aliphatic carbocycles.